The summed E-state index contributed by atoms with van der Waals surface area (Å²) in [6, 6.07) is 4.34. The molecule has 0 aliphatic rings. The van der Waals surface area contributed by atoms with Gasteiger partial charge in [-0.2, -0.15) is 0 Å². The fourth-order valence-electron chi connectivity index (χ4n) is 1.48. The number of pyridine rings is 1. The second kappa shape index (κ2) is 4.06. The SMILES string of the molecule is O=c1cc(CBr)c2c(F)ccc(Br)c2[nH]1. The van der Waals surface area contributed by atoms with Crippen molar-refractivity contribution in [1.29, 1.82) is 0 Å². The van der Waals surface area contributed by atoms with Gasteiger partial charge in [0.1, 0.15) is 5.82 Å². The molecule has 0 saturated carbocycles. The lowest BCUT2D eigenvalue weighted by atomic mass is 10.1. The molecule has 1 aromatic carbocycles. The van der Waals surface area contributed by atoms with Crippen LogP contribution in [0.2, 0.25) is 0 Å². The van der Waals surface area contributed by atoms with Gasteiger partial charge in [0.2, 0.25) is 5.56 Å². The molecule has 0 saturated heterocycles. The van der Waals surface area contributed by atoms with E-state index in [1.165, 1.54) is 12.1 Å². The van der Waals surface area contributed by atoms with E-state index < -0.39 is 0 Å². The van der Waals surface area contributed by atoms with Crippen LogP contribution in [-0.4, -0.2) is 4.98 Å². The van der Waals surface area contributed by atoms with Crippen molar-refractivity contribution >= 4 is 42.8 Å². The molecule has 1 N–H and O–H groups in total. The van der Waals surface area contributed by atoms with E-state index in [1.54, 1.807) is 6.07 Å². The molecule has 2 nitrogen and oxygen atoms in total. The first-order valence-corrected chi connectivity index (χ1v) is 6.11. The van der Waals surface area contributed by atoms with Crippen LogP contribution in [0.4, 0.5) is 4.39 Å². The standard InChI is InChI=1S/C10H6Br2FNO/c11-4-5-3-8(15)14-10-6(12)1-2-7(13)9(5)10/h1-3H,4H2,(H,14,15). The van der Waals surface area contributed by atoms with Gasteiger partial charge in [0, 0.05) is 21.3 Å². The minimum Gasteiger partial charge on any atom is -0.321 e. The Morgan fingerprint density at radius 3 is 2.80 bits per heavy atom. The van der Waals surface area contributed by atoms with Gasteiger partial charge >= 0.3 is 0 Å². The van der Waals surface area contributed by atoms with Gasteiger partial charge < -0.3 is 4.98 Å². The molecular weight excluding hydrogens is 329 g/mol. The smallest absolute Gasteiger partial charge is 0.248 e. The third-order valence-electron chi connectivity index (χ3n) is 2.12. The molecule has 5 heteroatoms. The molecule has 78 valence electrons. The maximum absolute atomic E-state index is 13.6. The van der Waals surface area contributed by atoms with Crippen LogP contribution in [0.1, 0.15) is 5.56 Å². The van der Waals surface area contributed by atoms with Gasteiger partial charge in [-0.3, -0.25) is 4.79 Å². The van der Waals surface area contributed by atoms with Crippen molar-refractivity contribution < 1.29 is 4.39 Å². The van der Waals surface area contributed by atoms with E-state index in [1.807, 2.05) is 0 Å². The zero-order valence-electron chi connectivity index (χ0n) is 7.48. The first kappa shape index (κ1) is 10.8. The highest BCUT2D eigenvalue weighted by Crippen LogP contribution is 2.26. The van der Waals surface area contributed by atoms with Crippen molar-refractivity contribution in [2.24, 2.45) is 0 Å². The summed E-state index contributed by atoms with van der Waals surface area (Å²) in [5, 5.41) is 0.890. The van der Waals surface area contributed by atoms with Crippen molar-refractivity contribution in [2.45, 2.75) is 5.33 Å². The second-order valence-corrected chi connectivity index (χ2v) is 4.49. The number of aromatic nitrogens is 1. The lowest BCUT2D eigenvalue weighted by Crippen LogP contribution is -2.07. The molecule has 1 heterocycles. The van der Waals surface area contributed by atoms with Crippen LogP contribution in [0.25, 0.3) is 10.9 Å². The second-order valence-electron chi connectivity index (χ2n) is 3.07. The summed E-state index contributed by atoms with van der Waals surface area (Å²) in [7, 11) is 0. The van der Waals surface area contributed by atoms with E-state index >= 15 is 0 Å². The van der Waals surface area contributed by atoms with Gasteiger partial charge in [-0.05, 0) is 33.6 Å². The minimum absolute atomic E-state index is 0.233. The number of H-pyrrole nitrogens is 1. The van der Waals surface area contributed by atoms with Crippen LogP contribution in [0.3, 0.4) is 0 Å². The van der Waals surface area contributed by atoms with Gasteiger partial charge in [-0.25, -0.2) is 4.39 Å². The van der Waals surface area contributed by atoms with Crippen LogP contribution in [-0.2, 0) is 5.33 Å². The molecule has 0 fully saturated rings. The first-order valence-electron chi connectivity index (χ1n) is 4.19. The minimum atomic E-state index is -0.334. The summed E-state index contributed by atoms with van der Waals surface area (Å²) in [4.78, 5) is 13.9. The van der Waals surface area contributed by atoms with Crippen molar-refractivity contribution in [2.75, 3.05) is 0 Å². The number of hydrogen-bond acceptors (Lipinski definition) is 1. The van der Waals surface area contributed by atoms with Crippen molar-refractivity contribution in [3.63, 3.8) is 0 Å². The quantitative estimate of drug-likeness (QED) is 0.797. The van der Waals surface area contributed by atoms with Crippen LogP contribution in [0, 0.1) is 5.82 Å². The summed E-state index contributed by atoms with van der Waals surface area (Å²) in [5.41, 5.74) is 0.910. The van der Waals surface area contributed by atoms with Crippen molar-refractivity contribution in [1.82, 2.24) is 4.98 Å². The number of rotatable bonds is 1. The molecule has 0 unspecified atom stereocenters. The average molecular weight is 335 g/mol. The Bertz CT molecular complexity index is 579. The lowest BCUT2D eigenvalue weighted by molar-refractivity contribution is 0.638. The molecule has 0 radical (unpaired) electrons. The molecule has 2 rings (SSSR count). The van der Waals surface area contributed by atoms with Gasteiger partial charge in [-0.1, -0.05) is 15.9 Å². The highest BCUT2D eigenvalue weighted by Gasteiger charge is 2.09. The molecule has 0 bridgehead atoms. The molecule has 0 aliphatic heterocycles. The maximum atomic E-state index is 13.6. The fraction of sp³-hybridized carbons (Fsp3) is 0.100. The zero-order chi connectivity index (χ0) is 11.0. The Morgan fingerprint density at radius 2 is 2.13 bits per heavy atom. The van der Waals surface area contributed by atoms with Gasteiger partial charge in [0.05, 0.1) is 5.52 Å². The first-order chi connectivity index (χ1) is 7.13. The number of benzene rings is 1. The van der Waals surface area contributed by atoms with E-state index in [0.717, 1.165) is 0 Å². The van der Waals surface area contributed by atoms with E-state index in [0.29, 0.717) is 26.3 Å². The Balaban J connectivity index is 3.01. The summed E-state index contributed by atoms with van der Waals surface area (Å²) in [6.07, 6.45) is 0. The van der Waals surface area contributed by atoms with E-state index in [9.17, 15) is 9.18 Å². The van der Waals surface area contributed by atoms with Gasteiger partial charge in [-0.15, -0.1) is 0 Å². The van der Waals surface area contributed by atoms with Crippen LogP contribution in [0.5, 0.6) is 0 Å². The Kier molecular flexibility index (Phi) is 2.93. The molecule has 0 atom stereocenters. The fourth-order valence-corrected chi connectivity index (χ4v) is 2.35. The van der Waals surface area contributed by atoms with Gasteiger partial charge in [0.25, 0.3) is 0 Å². The third-order valence-corrected chi connectivity index (χ3v) is 3.39. The number of fused-ring (bicyclic) bond motifs is 1. The number of nitrogens with one attached hydrogen (secondary N) is 1. The molecule has 0 spiro atoms. The monoisotopic (exact) mass is 333 g/mol. The Hall–Kier alpha value is -0.680. The largest absolute Gasteiger partial charge is 0.321 e. The predicted molar refractivity (Wildman–Crippen MR) is 64.9 cm³/mol. The van der Waals surface area contributed by atoms with Crippen LogP contribution < -0.4 is 5.56 Å². The molecule has 1 aromatic heterocycles. The van der Waals surface area contributed by atoms with Gasteiger partial charge in [0.15, 0.2) is 0 Å². The highest BCUT2D eigenvalue weighted by atomic mass is 79.9. The molecule has 0 aliphatic carbocycles. The molecular formula is C10H6Br2FNO. The lowest BCUT2D eigenvalue weighted by Gasteiger charge is -2.05. The number of aromatic amines is 1. The average Bonchev–Trinajstić information content (AvgIpc) is 2.22. The molecule has 0 amide bonds. The maximum Gasteiger partial charge on any atom is 0.248 e. The van der Waals surface area contributed by atoms with E-state index in [2.05, 4.69) is 36.8 Å². The normalized spacial score (nSPS) is 10.9. The zero-order valence-corrected chi connectivity index (χ0v) is 10.7. The van der Waals surface area contributed by atoms with Crippen molar-refractivity contribution in [3.8, 4) is 0 Å². The molecule has 15 heavy (non-hydrogen) atoms. The number of alkyl halides is 1. The van der Waals surface area contributed by atoms with E-state index in [-0.39, 0.29) is 11.4 Å². The van der Waals surface area contributed by atoms with E-state index in [4.69, 9.17) is 0 Å². The molecule has 2 aromatic rings. The summed E-state index contributed by atoms with van der Waals surface area (Å²) in [5.74, 6) is -0.334. The third kappa shape index (κ3) is 1.86. The predicted octanol–water partition coefficient (Wildman–Crippen LogP) is 3.32. The summed E-state index contributed by atoms with van der Waals surface area (Å²) in [6.45, 7) is 0. The Morgan fingerprint density at radius 1 is 1.40 bits per heavy atom. The summed E-state index contributed by atoms with van der Waals surface area (Å²) >= 11 is 6.51. The Labute approximate surface area is 102 Å². The number of hydrogen-bond donors (Lipinski definition) is 1. The summed E-state index contributed by atoms with van der Waals surface area (Å²) < 4.78 is 14.3. The van der Waals surface area contributed by atoms with Crippen LogP contribution in [0.15, 0.2) is 27.5 Å². The van der Waals surface area contributed by atoms with Crippen molar-refractivity contribution in [3.05, 3.63) is 44.4 Å². The number of halogens is 3. The van der Waals surface area contributed by atoms with Crippen LogP contribution >= 0.6 is 31.9 Å². The topological polar surface area (TPSA) is 32.9 Å². The highest BCUT2D eigenvalue weighted by molar-refractivity contribution is 9.10.